The second-order valence-electron chi connectivity index (χ2n) is 4.42. The summed E-state index contributed by atoms with van der Waals surface area (Å²) < 4.78 is 10.6. The molecule has 0 spiro atoms. The van der Waals surface area contributed by atoms with E-state index < -0.39 is 0 Å². The second kappa shape index (κ2) is 5.76. The van der Waals surface area contributed by atoms with Crippen LogP contribution in [-0.4, -0.2) is 14.2 Å². The molecule has 100 valence electrons. The van der Waals surface area contributed by atoms with Crippen LogP contribution in [0.3, 0.4) is 0 Å². The Morgan fingerprint density at radius 1 is 0.947 bits per heavy atom. The highest BCUT2D eigenvalue weighted by atomic mass is 16.5. The molecule has 0 aromatic heterocycles. The summed E-state index contributed by atoms with van der Waals surface area (Å²) in [6.45, 7) is 2.65. The molecular weight excluding hydrogens is 238 g/mol. The number of hydrogen-bond acceptors (Lipinski definition) is 3. The maximum Gasteiger partial charge on any atom is 0.161 e. The van der Waals surface area contributed by atoms with Crippen LogP contribution >= 0.6 is 0 Å². The van der Waals surface area contributed by atoms with Gasteiger partial charge in [0.25, 0.3) is 0 Å². The Hall–Kier alpha value is -2.00. The van der Waals surface area contributed by atoms with Crippen LogP contribution in [0.15, 0.2) is 36.4 Å². The topological polar surface area (TPSA) is 44.5 Å². The van der Waals surface area contributed by atoms with E-state index in [0.29, 0.717) is 6.54 Å². The molecule has 0 atom stereocenters. The van der Waals surface area contributed by atoms with Crippen molar-refractivity contribution in [1.29, 1.82) is 0 Å². The lowest BCUT2D eigenvalue weighted by molar-refractivity contribution is 0.355. The lowest BCUT2D eigenvalue weighted by Crippen LogP contribution is -1.97. The van der Waals surface area contributed by atoms with E-state index in [0.717, 1.165) is 22.6 Å². The molecule has 0 amide bonds. The van der Waals surface area contributed by atoms with E-state index in [2.05, 4.69) is 25.1 Å². The van der Waals surface area contributed by atoms with Gasteiger partial charge < -0.3 is 15.2 Å². The molecule has 3 nitrogen and oxygen atoms in total. The molecule has 0 bridgehead atoms. The van der Waals surface area contributed by atoms with Crippen molar-refractivity contribution in [3.63, 3.8) is 0 Å². The maximum atomic E-state index is 5.65. The fourth-order valence-corrected chi connectivity index (χ4v) is 2.18. The Kier molecular flexibility index (Phi) is 4.07. The van der Waals surface area contributed by atoms with Crippen LogP contribution in [0.5, 0.6) is 11.5 Å². The van der Waals surface area contributed by atoms with Crippen molar-refractivity contribution in [3.8, 4) is 22.6 Å². The van der Waals surface area contributed by atoms with Crippen molar-refractivity contribution in [2.45, 2.75) is 13.5 Å². The zero-order chi connectivity index (χ0) is 13.8. The Morgan fingerprint density at radius 2 is 1.68 bits per heavy atom. The predicted molar refractivity (Wildman–Crippen MR) is 77.6 cm³/mol. The van der Waals surface area contributed by atoms with Crippen LogP contribution in [-0.2, 0) is 6.54 Å². The predicted octanol–water partition coefficient (Wildman–Crippen LogP) is 3.14. The highest BCUT2D eigenvalue weighted by molar-refractivity contribution is 5.70. The fraction of sp³-hybridized carbons (Fsp3) is 0.250. The summed E-state index contributed by atoms with van der Waals surface area (Å²) in [7, 11) is 3.28. The monoisotopic (exact) mass is 257 g/mol. The van der Waals surface area contributed by atoms with Gasteiger partial charge in [0.2, 0.25) is 0 Å². The molecular formula is C16H19NO2. The Labute approximate surface area is 114 Å². The summed E-state index contributed by atoms with van der Waals surface area (Å²) in [6, 6.07) is 12.2. The minimum absolute atomic E-state index is 0.563. The van der Waals surface area contributed by atoms with Crippen molar-refractivity contribution in [2.24, 2.45) is 5.73 Å². The molecule has 0 saturated carbocycles. The molecule has 0 saturated heterocycles. The summed E-state index contributed by atoms with van der Waals surface area (Å²) >= 11 is 0. The van der Waals surface area contributed by atoms with Crippen molar-refractivity contribution >= 4 is 0 Å². The number of hydrogen-bond donors (Lipinski definition) is 1. The molecule has 0 aliphatic heterocycles. The highest BCUT2D eigenvalue weighted by Crippen LogP contribution is 2.33. The molecule has 0 unspecified atom stereocenters. The third kappa shape index (κ3) is 2.71. The molecule has 19 heavy (non-hydrogen) atoms. The SMILES string of the molecule is COc1ccc(-c2ccc(CN)cc2C)cc1OC. The molecule has 0 radical (unpaired) electrons. The smallest absolute Gasteiger partial charge is 0.161 e. The van der Waals surface area contributed by atoms with E-state index in [4.69, 9.17) is 15.2 Å². The normalized spacial score (nSPS) is 10.3. The van der Waals surface area contributed by atoms with Gasteiger partial charge in [0, 0.05) is 6.54 Å². The standard InChI is InChI=1S/C16H19NO2/c1-11-8-12(10-17)4-6-14(11)13-5-7-15(18-2)16(9-13)19-3/h4-9H,10,17H2,1-3H3. The van der Waals surface area contributed by atoms with Gasteiger partial charge in [-0.25, -0.2) is 0 Å². The third-order valence-corrected chi connectivity index (χ3v) is 3.22. The minimum Gasteiger partial charge on any atom is -0.493 e. The van der Waals surface area contributed by atoms with Crippen molar-refractivity contribution in [3.05, 3.63) is 47.5 Å². The average Bonchev–Trinajstić information content (AvgIpc) is 2.46. The summed E-state index contributed by atoms with van der Waals surface area (Å²) in [5, 5.41) is 0. The van der Waals surface area contributed by atoms with Gasteiger partial charge in [0.05, 0.1) is 14.2 Å². The summed E-state index contributed by atoms with van der Waals surface area (Å²) in [6.07, 6.45) is 0. The second-order valence-corrected chi connectivity index (χ2v) is 4.42. The Bertz CT molecular complexity index is 579. The van der Waals surface area contributed by atoms with Gasteiger partial charge in [-0.3, -0.25) is 0 Å². The molecule has 3 heteroatoms. The molecule has 2 aromatic carbocycles. The maximum absolute atomic E-state index is 5.65. The first-order chi connectivity index (χ1) is 9.19. The third-order valence-electron chi connectivity index (χ3n) is 3.22. The van der Waals surface area contributed by atoms with Gasteiger partial charge in [0.15, 0.2) is 11.5 Å². The van der Waals surface area contributed by atoms with Crippen LogP contribution in [0.1, 0.15) is 11.1 Å². The number of ether oxygens (including phenoxy) is 2. The lowest BCUT2D eigenvalue weighted by atomic mass is 9.98. The van der Waals surface area contributed by atoms with Crippen molar-refractivity contribution in [2.75, 3.05) is 14.2 Å². The highest BCUT2D eigenvalue weighted by Gasteiger charge is 2.08. The van der Waals surface area contributed by atoms with Crippen LogP contribution in [0.2, 0.25) is 0 Å². The molecule has 0 heterocycles. The van der Waals surface area contributed by atoms with E-state index in [-0.39, 0.29) is 0 Å². The summed E-state index contributed by atoms with van der Waals surface area (Å²) in [5.41, 5.74) is 10.3. The molecule has 0 fully saturated rings. The van der Waals surface area contributed by atoms with Gasteiger partial charge in [-0.15, -0.1) is 0 Å². The molecule has 2 aromatic rings. The van der Waals surface area contributed by atoms with Crippen LogP contribution in [0.4, 0.5) is 0 Å². The van der Waals surface area contributed by atoms with Gasteiger partial charge in [-0.2, -0.15) is 0 Å². The number of aryl methyl sites for hydroxylation is 1. The molecule has 0 aliphatic carbocycles. The minimum atomic E-state index is 0.563. The van der Waals surface area contributed by atoms with Crippen molar-refractivity contribution < 1.29 is 9.47 Å². The van der Waals surface area contributed by atoms with Crippen LogP contribution < -0.4 is 15.2 Å². The lowest BCUT2D eigenvalue weighted by Gasteiger charge is -2.12. The first kappa shape index (κ1) is 13.4. The average molecular weight is 257 g/mol. The van der Waals surface area contributed by atoms with Gasteiger partial charge in [0.1, 0.15) is 0 Å². The zero-order valence-corrected chi connectivity index (χ0v) is 11.6. The van der Waals surface area contributed by atoms with E-state index in [1.54, 1.807) is 14.2 Å². The Morgan fingerprint density at radius 3 is 2.26 bits per heavy atom. The van der Waals surface area contributed by atoms with E-state index in [9.17, 15) is 0 Å². The summed E-state index contributed by atoms with van der Waals surface area (Å²) in [4.78, 5) is 0. The quantitative estimate of drug-likeness (QED) is 0.915. The van der Waals surface area contributed by atoms with E-state index >= 15 is 0 Å². The van der Waals surface area contributed by atoms with Gasteiger partial charge in [-0.1, -0.05) is 24.3 Å². The number of methoxy groups -OCH3 is 2. The van der Waals surface area contributed by atoms with Gasteiger partial charge in [-0.05, 0) is 41.3 Å². The molecule has 2 rings (SSSR count). The Balaban J connectivity index is 2.47. The number of nitrogens with two attached hydrogens (primary N) is 1. The first-order valence-electron chi connectivity index (χ1n) is 6.21. The van der Waals surface area contributed by atoms with E-state index in [1.165, 1.54) is 11.1 Å². The van der Waals surface area contributed by atoms with Crippen LogP contribution in [0.25, 0.3) is 11.1 Å². The van der Waals surface area contributed by atoms with Crippen molar-refractivity contribution in [1.82, 2.24) is 0 Å². The van der Waals surface area contributed by atoms with Gasteiger partial charge >= 0.3 is 0 Å². The number of rotatable bonds is 4. The molecule has 0 aliphatic rings. The first-order valence-corrected chi connectivity index (χ1v) is 6.21. The summed E-state index contributed by atoms with van der Waals surface area (Å²) in [5.74, 6) is 1.48. The van der Waals surface area contributed by atoms with E-state index in [1.807, 2.05) is 18.2 Å². The number of benzene rings is 2. The zero-order valence-electron chi connectivity index (χ0n) is 11.6. The van der Waals surface area contributed by atoms with Crippen LogP contribution in [0, 0.1) is 6.92 Å². The molecule has 2 N–H and O–H groups in total. The largest absolute Gasteiger partial charge is 0.493 e. The fourth-order valence-electron chi connectivity index (χ4n) is 2.18.